The molecule has 0 amide bonds. The summed E-state index contributed by atoms with van der Waals surface area (Å²) in [6.45, 7) is 0. The first-order valence-corrected chi connectivity index (χ1v) is 5.45. The summed E-state index contributed by atoms with van der Waals surface area (Å²) in [6.07, 6.45) is -2.81. The number of phosphoric acid groups is 1. The predicted octanol–water partition coefficient (Wildman–Crippen LogP) is -12.7. The summed E-state index contributed by atoms with van der Waals surface area (Å²) in [4.78, 5) is 48.5. The third kappa shape index (κ3) is 18.2. The van der Waals surface area contributed by atoms with Crippen LogP contribution < -0.4 is 206 Å². The Labute approximate surface area is 295 Å². The monoisotopic (exact) mass is 432 g/mol. The molecule has 0 aliphatic heterocycles. The summed E-state index contributed by atoms with van der Waals surface area (Å²) in [5, 5.41) is 25.5. The molecule has 0 heterocycles. The molecule has 0 radical (unpaired) electrons. The maximum absolute atomic E-state index is 10.8. The third-order valence-electron chi connectivity index (χ3n) is 1.56. The van der Waals surface area contributed by atoms with Gasteiger partial charge in [-0.05, 0) is 0 Å². The van der Waals surface area contributed by atoms with Crippen molar-refractivity contribution in [3.63, 3.8) is 0 Å². The van der Waals surface area contributed by atoms with Gasteiger partial charge in [-0.2, -0.15) is 0 Å². The number of aliphatic carboxylic acids is 3. The van der Waals surface area contributed by atoms with Gasteiger partial charge in [-0.15, -0.1) is 0 Å². The van der Waals surface area contributed by atoms with Crippen molar-refractivity contribution in [1.82, 2.24) is 0 Å². The molecule has 0 atom stereocenters. The SMILES string of the molecule is O=C(O)CC(CC(=O)O)(OP(=O)(O)O)C(=O)O.[H-].[H-].[H-].[H-].[K+].[K+].[K+].[K+]. The fourth-order valence-corrected chi connectivity index (χ4v) is 1.70. The minimum Gasteiger partial charge on any atom is -1.00 e. The molecule has 21 heavy (non-hydrogen) atoms. The molecule has 0 aromatic carbocycles. The third-order valence-corrected chi connectivity index (χ3v) is 2.14. The molecule has 0 fully saturated rings. The molecule has 106 valence electrons. The molecule has 0 aliphatic rings. The fourth-order valence-electron chi connectivity index (χ4n) is 1.03. The molecule has 0 aromatic rings. The van der Waals surface area contributed by atoms with Crippen molar-refractivity contribution in [2.75, 3.05) is 0 Å². The summed E-state index contributed by atoms with van der Waals surface area (Å²) in [7, 11) is -5.36. The Bertz CT molecular complexity index is 395. The molecule has 0 aromatic heterocycles. The summed E-state index contributed by atoms with van der Waals surface area (Å²) >= 11 is 0. The Hall–Kier alpha value is 5.07. The first-order valence-electron chi connectivity index (χ1n) is 3.92. The largest absolute Gasteiger partial charge is 1.00 e. The van der Waals surface area contributed by atoms with Crippen molar-refractivity contribution >= 4 is 25.7 Å². The molecule has 0 aliphatic carbocycles. The van der Waals surface area contributed by atoms with Crippen LogP contribution in [0.1, 0.15) is 18.5 Å². The Morgan fingerprint density at radius 1 is 0.905 bits per heavy atom. The number of carboxylic acids is 3. The van der Waals surface area contributed by atoms with Crippen molar-refractivity contribution in [2.24, 2.45) is 0 Å². The minimum absolute atomic E-state index is 0. The fraction of sp³-hybridized carbons (Fsp3) is 0.500. The van der Waals surface area contributed by atoms with Crippen LogP contribution in [0.3, 0.4) is 0 Å². The van der Waals surface area contributed by atoms with E-state index in [4.69, 9.17) is 25.1 Å². The molecule has 0 saturated carbocycles. The van der Waals surface area contributed by atoms with Crippen molar-refractivity contribution in [1.29, 1.82) is 0 Å². The number of carboxylic acid groups (broad SMARTS) is 3. The summed E-state index contributed by atoms with van der Waals surface area (Å²) < 4.78 is 14.4. The van der Waals surface area contributed by atoms with Crippen LogP contribution in [0, 0.1) is 0 Å². The minimum atomic E-state index is -5.36. The standard InChI is InChI=1S/C6H9O10P.4K.4H/c7-3(8)1-6(5(11)12,2-4(9)10)16-17(13,14)15;;;;;;;;/h1-2H2,(H,7,8)(H,9,10)(H,11,12)(H2,13,14,15);;;;;;;;/q;4*+1;4*-1. The average molecular weight is 433 g/mol. The maximum Gasteiger partial charge on any atom is 1.00 e. The Kier molecular flexibility index (Phi) is 30.2. The van der Waals surface area contributed by atoms with Gasteiger partial charge in [-0.1, -0.05) is 0 Å². The molecular weight excluding hydrogens is 419 g/mol. The first kappa shape index (κ1) is 36.9. The van der Waals surface area contributed by atoms with Crippen LogP contribution in [0.2, 0.25) is 0 Å². The van der Waals surface area contributed by atoms with Crippen LogP contribution in [0.4, 0.5) is 0 Å². The molecule has 0 saturated heterocycles. The number of hydrogen-bond donors (Lipinski definition) is 5. The normalized spacial score (nSPS) is 9.81. The van der Waals surface area contributed by atoms with E-state index in [0.717, 1.165) is 0 Å². The van der Waals surface area contributed by atoms with Gasteiger partial charge in [0.1, 0.15) is 0 Å². The van der Waals surface area contributed by atoms with E-state index in [1.807, 2.05) is 0 Å². The number of phosphoric ester groups is 1. The number of carbonyl (C=O) groups is 3. The predicted molar refractivity (Wildman–Crippen MR) is 52.4 cm³/mol. The molecule has 0 rings (SSSR count). The Morgan fingerprint density at radius 3 is 1.33 bits per heavy atom. The van der Waals surface area contributed by atoms with Crippen LogP contribution in [-0.4, -0.2) is 48.6 Å². The topological polar surface area (TPSA) is 179 Å². The van der Waals surface area contributed by atoms with Crippen LogP contribution in [0.15, 0.2) is 0 Å². The summed E-state index contributed by atoms with van der Waals surface area (Å²) in [5.74, 6) is -5.64. The summed E-state index contributed by atoms with van der Waals surface area (Å²) in [5.41, 5.74) is -3.02. The second kappa shape index (κ2) is 17.2. The van der Waals surface area contributed by atoms with E-state index in [-0.39, 0.29) is 211 Å². The van der Waals surface area contributed by atoms with Crippen LogP contribution >= 0.6 is 7.82 Å². The molecule has 5 N–H and O–H groups in total. The quantitative estimate of drug-likeness (QED) is 0.192. The van der Waals surface area contributed by atoms with Gasteiger partial charge in [0.05, 0.1) is 12.8 Å². The zero-order chi connectivity index (χ0) is 13.9. The second-order valence-corrected chi connectivity index (χ2v) is 4.19. The van der Waals surface area contributed by atoms with E-state index in [9.17, 15) is 18.9 Å². The van der Waals surface area contributed by atoms with E-state index < -0.39 is 44.2 Å². The van der Waals surface area contributed by atoms with Gasteiger partial charge < -0.3 is 30.8 Å². The molecule has 0 spiro atoms. The molecule has 15 heteroatoms. The Morgan fingerprint density at radius 2 is 1.19 bits per heavy atom. The van der Waals surface area contributed by atoms with Crippen molar-refractivity contribution in [3.05, 3.63) is 0 Å². The number of rotatable bonds is 7. The van der Waals surface area contributed by atoms with E-state index in [2.05, 4.69) is 4.52 Å². The Balaban J connectivity index is -0.0000000457. The van der Waals surface area contributed by atoms with Crippen LogP contribution in [0.25, 0.3) is 0 Å². The van der Waals surface area contributed by atoms with Gasteiger partial charge in [0.2, 0.25) is 0 Å². The van der Waals surface area contributed by atoms with E-state index in [0.29, 0.717) is 0 Å². The zero-order valence-electron chi connectivity index (χ0n) is 16.1. The van der Waals surface area contributed by atoms with Gasteiger partial charge in [0.25, 0.3) is 0 Å². The molecule has 0 unspecified atom stereocenters. The molecular formula is C6H13K4O10P. The molecule has 0 bridgehead atoms. The van der Waals surface area contributed by atoms with Gasteiger partial charge >= 0.3 is 231 Å². The zero-order valence-corrected chi connectivity index (χ0v) is 25.5. The van der Waals surface area contributed by atoms with Crippen molar-refractivity contribution in [3.8, 4) is 0 Å². The van der Waals surface area contributed by atoms with E-state index in [1.54, 1.807) is 0 Å². The summed E-state index contributed by atoms with van der Waals surface area (Å²) in [6, 6.07) is 0. The van der Waals surface area contributed by atoms with Crippen molar-refractivity contribution in [2.45, 2.75) is 18.4 Å². The maximum atomic E-state index is 10.8. The number of hydrogen-bond acceptors (Lipinski definition) is 5. The van der Waals surface area contributed by atoms with E-state index in [1.165, 1.54) is 0 Å². The van der Waals surface area contributed by atoms with Gasteiger partial charge in [0.15, 0.2) is 5.60 Å². The van der Waals surface area contributed by atoms with Gasteiger partial charge in [-0.25, -0.2) is 9.36 Å². The van der Waals surface area contributed by atoms with Crippen LogP contribution in [0.5, 0.6) is 0 Å². The second-order valence-electron chi connectivity index (χ2n) is 3.02. The van der Waals surface area contributed by atoms with Crippen LogP contribution in [-0.2, 0) is 23.5 Å². The van der Waals surface area contributed by atoms with Crippen molar-refractivity contribution < 1.29 is 260 Å². The smallest absolute Gasteiger partial charge is 1.00 e. The van der Waals surface area contributed by atoms with Gasteiger partial charge in [0, 0.05) is 0 Å². The molecule has 10 nitrogen and oxygen atoms in total. The van der Waals surface area contributed by atoms with E-state index >= 15 is 0 Å². The average Bonchev–Trinajstić information content (AvgIpc) is 1.96. The first-order chi connectivity index (χ1) is 7.48. The van der Waals surface area contributed by atoms with Gasteiger partial charge in [-0.3, -0.25) is 14.1 Å².